The van der Waals surface area contributed by atoms with Gasteiger partial charge in [-0.3, -0.25) is 19.2 Å². The number of Topliss-reactive ketones (excluding diaryl/α,β-unsaturated/α-hetero) is 3. The lowest BCUT2D eigenvalue weighted by Crippen LogP contribution is -2.39. The van der Waals surface area contributed by atoms with Crippen LogP contribution in [-0.2, 0) is 111 Å². The number of halogens is 4. The van der Waals surface area contributed by atoms with Crippen LogP contribution in [0.4, 0.5) is 37.1 Å². The molecule has 0 unspecified atom stereocenters. The third-order valence-electron chi connectivity index (χ3n) is 22.1. The van der Waals surface area contributed by atoms with Crippen LogP contribution < -0.4 is 31.9 Å². The van der Waals surface area contributed by atoms with Crippen molar-refractivity contribution in [2.24, 2.45) is 16.2 Å². The molecule has 31 heteroatoms. The number of nitrogens with zero attached hydrogens (tertiary/aromatic N) is 3. The molecule has 10 N–H and O–H groups in total. The minimum Gasteiger partial charge on any atom is -0.479 e. The van der Waals surface area contributed by atoms with Crippen molar-refractivity contribution < 1.29 is 68.3 Å². The van der Waals surface area contributed by atoms with Gasteiger partial charge in [-0.1, -0.05) is 182 Å². The number of nitrogens with one attached hydrogen (secondary N) is 6. The molecule has 134 heavy (non-hydrogen) atoms. The summed E-state index contributed by atoms with van der Waals surface area (Å²) in [6, 6.07) is 49.3. The van der Waals surface area contributed by atoms with E-state index in [2.05, 4.69) is 129 Å². The topological polar surface area (TPSA) is 318 Å². The summed E-state index contributed by atoms with van der Waals surface area (Å²) in [4.78, 5) is 102. The van der Waals surface area contributed by atoms with Crippen LogP contribution in [-0.4, -0.2) is 189 Å². The van der Waals surface area contributed by atoms with Crippen LogP contribution in [0.5, 0.6) is 0 Å². The molecule has 0 spiro atoms. The highest BCUT2D eigenvalue weighted by Crippen LogP contribution is 2.39. The second kappa shape index (κ2) is 51.7. The second-order valence-electron chi connectivity index (χ2n) is 38.4. The van der Waals surface area contributed by atoms with Crippen molar-refractivity contribution in [3.05, 3.63) is 232 Å². The Kier molecular flexibility index (Phi) is 42.6. The Bertz CT molecular complexity index is 5150. The van der Waals surface area contributed by atoms with Crippen LogP contribution in [0.15, 0.2) is 165 Å². The van der Waals surface area contributed by atoms with Crippen LogP contribution in [0.25, 0.3) is 0 Å². The molecular formula is C103H133Cl4N9O14S4. The lowest BCUT2D eigenvalue weighted by molar-refractivity contribution is -0.165. The summed E-state index contributed by atoms with van der Waals surface area (Å²) in [7, 11) is 3.49. The Labute approximate surface area is 828 Å². The second-order valence-corrected chi connectivity index (χ2v) is 44.2. The van der Waals surface area contributed by atoms with Gasteiger partial charge in [0.15, 0.2) is 12.2 Å². The number of thioether (sulfide) groups is 4. The van der Waals surface area contributed by atoms with Gasteiger partial charge in [-0.15, -0.1) is 35.3 Å². The molecule has 3 amide bonds. The maximum atomic E-state index is 12.6. The molecule has 4 aliphatic heterocycles. The number of ketones is 3. The average molecular weight is 1990 g/mol. The highest BCUT2D eigenvalue weighted by molar-refractivity contribution is 8.13. The number of carbonyl (C=O) groups excluding carboxylic acids is 6. The third-order valence-corrected chi connectivity index (χ3v) is 27.5. The van der Waals surface area contributed by atoms with Crippen molar-refractivity contribution in [2.75, 3.05) is 105 Å². The summed E-state index contributed by atoms with van der Waals surface area (Å²) in [6.45, 7) is 38.1. The summed E-state index contributed by atoms with van der Waals surface area (Å²) in [6.07, 6.45) is 1.94. The van der Waals surface area contributed by atoms with E-state index in [1.54, 1.807) is 64.1 Å². The van der Waals surface area contributed by atoms with Crippen LogP contribution in [0.2, 0.25) is 20.1 Å². The molecule has 4 heterocycles. The molecule has 0 aromatic heterocycles. The smallest absolute Gasteiger partial charge is 0.410 e. The summed E-state index contributed by atoms with van der Waals surface area (Å²) in [5.74, 6) is -1.23. The van der Waals surface area contributed by atoms with Gasteiger partial charge in [-0.25, -0.2) is 19.2 Å². The Morgan fingerprint density at radius 2 is 0.612 bits per heavy atom. The standard InChI is InChI=1S/C28H37ClN2O3S.C25H32ClN3O3S.2C23H29ClN2OS.C4H6O6/c1-27(2,3)24(32)18-35-21-10-7-19(8-11-21)17-30-25-22-14-16-31(26(33)34-28(4,5)6)15-13-20(22)9-12-23(25)29;1-25(2,3)32-23(30)29-14-12-18-8-11-21(26)22(20(18)13-15-29)27-16-17-6-9-19(10-7-17)33-24(31)28(4)5;2*1-23(2,3)21(27)15-28-18-7-4-16(5-8-18)14-26-22-19-11-13-25-12-10-17(19)6-9-20(22)24;5-1(3(7)8)2(6)4(9)10/h7-12,30H,13-18H2,1-6H3;6-11,27H,12-16H2,1-5H3;2*4-9,25-26H,10-15H2,1-3H3;1-2,5-6H,(H,7,8)(H,9,10)/t;;;;1-,2-/m....1/s1. The number of aliphatic hydroxyl groups is 2. The molecule has 0 bridgehead atoms. The first-order chi connectivity index (χ1) is 63.0. The van der Waals surface area contributed by atoms with Crippen molar-refractivity contribution in [1.29, 1.82) is 0 Å². The lowest BCUT2D eigenvalue weighted by Gasteiger charge is -2.26. The Hall–Kier alpha value is -8.68. The number of benzene rings is 8. The molecule has 2 atom stereocenters. The predicted octanol–water partition coefficient (Wildman–Crippen LogP) is 21.6. The SMILES string of the molecule is CC(C)(C)C(=O)CSc1ccc(CNc2c(Cl)ccc3c2CCNCC3)cc1.CC(C)(C)C(=O)CSc1ccc(CNc2c(Cl)ccc3c2CCNCC3)cc1.CC(C)(C)OC(=O)N1CCc2ccc(Cl)c(NCc3ccc(SCC(=O)C(C)(C)C)cc3)c2CC1.CN(C)C(=O)Sc1ccc(CNc2c(Cl)ccc3c2CCN(C(=O)OC(C)(C)C)CC3)cc1.O=C(O)[C@H](O)[C@@H](O)C(=O)O. The van der Waals surface area contributed by atoms with Gasteiger partial charge >= 0.3 is 24.1 Å². The fourth-order valence-electron chi connectivity index (χ4n) is 14.0. The fraction of sp³-hybridized carbons (Fsp3) is 0.456. The minimum absolute atomic E-state index is 0.0000564. The molecule has 8 aromatic carbocycles. The van der Waals surface area contributed by atoms with Crippen LogP contribution in [0.1, 0.15) is 171 Å². The number of fused-ring (bicyclic) bond motifs is 4. The molecule has 4 aliphatic rings. The van der Waals surface area contributed by atoms with Crippen molar-refractivity contribution in [3.63, 3.8) is 0 Å². The molecule has 726 valence electrons. The van der Waals surface area contributed by atoms with Gasteiger partial charge < -0.3 is 76.5 Å². The van der Waals surface area contributed by atoms with Crippen LogP contribution in [0, 0.1) is 16.2 Å². The van der Waals surface area contributed by atoms with Crippen molar-refractivity contribution in [3.8, 4) is 0 Å². The quantitative estimate of drug-likeness (QED) is 0.0238. The Balaban J connectivity index is 0.000000213. The number of carbonyl (C=O) groups is 8. The number of carboxylic acids is 2. The van der Waals surface area contributed by atoms with E-state index in [1.807, 2.05) is 152 Å². The molecule has 23 nitrogen and oxygen atoms in total. The lowest BCUT2D eigenvalue weighted by atomic mass is 9.92. The van der Waals surface area contributed by atoms with Gasteiger partial charge in [0.1, 0.15) is 28.6 Å². The number of anilines is 4. The Morgan fingerprint density at radius 3 is 0.866 bits per heavy atom. The summed E-state index contributed by atoms with van der Waals surface area (Å²) in [5.41, 5.74) is 16.9. The minimum atomic E-state index is -2.27. The first-order valence-electron chi connectivity index (χ1n) is 45.1. The number of carboxylic acid groups (broad SMARTS) is 2. The Morgan fingerprint density at radius 1 is 0.366 bits per heavy atom. The monoisotopic (exact) mass is 1990 g/mol. The number of ether oxygens (including phenoxy) is 2. The van der Waals surface area contributed by atoms with E-state index in [0.29, 0.717) is 73.0 Å². The molecule has 0 saturated carbocycles. The fourth-order valence-corrected chi connectivity index (χ4v) is 18.8. The zero-order valence-electron chi connectivity index (χ0n) is 80.1. The molecule has 12 rings (SSSR count). The number of hydrogen-bond acceptors (Lipinski definition) is 22. The van der Waals surface area contributed by atoms with E-state index in [9.17, 15) is 38.4 Å². The van der Waals surface area contributed by atoms with E-state index in [1.165, 1.54) is 56.3 Å². The van der Waals surface area contributed by atoms with Crippen molar-refractivity contribution in [1.82, 2.24) is 25.3 Å². The van der Waals surface area contributed by atoms with E-state index in [4.69, 9.17) is 76.3 Å². The summed E-state index contributed by atoms with van der Waals surface area (Å²) < 4.78 is 11.1. The van der Waals surface area contributed by atoms with Gasteiger partial charge in [0.05, 0.1) is 60.1 Å². The number of rotatable bonds is 25. The van der Waals surface area contributed by atoms with Gasteiger partial charge in [0, 0.05) is 102 Å². The van der Waals surface area contributed by atoms with E-state index in [0.717, 1.165) is 159 Å². The zero-order chi connectivity index (χ0) is 98.6. The highest BCUT2D eigenvalue weighted by atomic mass is 35.5. The molecule has 0 saturated heterocycles. The van der Waals surface area contributed by atoms with E-state index < -0.39 is 35.3 Å². The van der Waals surface area contributed by atoms with Crippen LogP contribution >= 0.6 is 93.5 Å². The summed E-state index contributed by atoms with van der Waals surface area (Å²) >= 11 is 32.1. The first-order valence-corrected chi connectivity index (χ1v) is 50.4. The van der Waals surface area contributed by atoms with Crippen molar-refractivity contribution in [2.45, 2.75) is 224 Å². The summed E-state index contributed by atoms with van der Waals surface area (Å²) in [5, 5.41) is 56.5. The number of amides is 3. The molecule has 0 radical (unpaired) electrons. The maximum absolute atomic E-state index is 12.6. The van der Waals surface area contributed by atoms with Gasteiger partial charge in [-0.05, 0) is 270 Å². The largest absolute Gasteiger partial charge is 0.479 e. The zero-order valence-corrected chi connectivity index (χ0v) is 86.4. The molecular weight excluding hydrogens is 1860 g/mol. The highest BCUT2D eigenvalue weighted by Gasteiger charge is 2.32. The van der Waals surface area contributed by atoms with E-state index in [-0.39, 0.29) is 51.0 Å². The van der Waals surface area contributed by atoms with Gasteiger partial charge in [0.2, 0.25) is 0 Å². The van der Waals surface area contributed by atoms with Gasteiger partial charge in [0.25, 0.3) is 5.24 Å². The normalized spacial score (nSPS) is 14.2. The van der Waals surface area contributed by atoms with Gasteiger partial charge in [-0.2, -0.15) is 0 Å². The molecule has 0 aliphatic carbocycles. The number of aliphatic hydroxyl groups excluding tert-OH is 2. The number of hydrogen-bond donors (Lipinski definition) is 10. The van der Waals surface area contributed by atoms with Crippen molar-refractivity contribution >= 4 is 163 Å². The maximum Gasteiger partial charge on any atom is 0.410 e. The predicted molar refractivity (Wildman–Crippen MR) is 550 cm³/mol. The molecule has 8 aromatic rings. The number of aliphatic carboxylic acids is 2. The van der Waals surface area contributed by atoms with E-state index >= 15 is 0 Å². The van der Waals surface area contributed by atoms with Crippen LogP contribution in [0.3, 0.4) is 0 Å². The third kappa shape index (κ3) is 36.0. The molecule has 0 fully saturated rings. The average Bonchev–Trinajstić information content (AvgIpc) is 1.60. The first kappa shape index (κ1) is 111.